The van der Waals surface area contributed by atoms with Crippen molar-refractivity contribution in [1.82, 2.24) is 14.8 Å². The van der Waals surface area contributed by atoms with Crippen molar-refractivity contribution in [3.05, 3.63) is 65.2 Å². The van der Waals surface area contributed by atoms with Gasteiger partial charge in [0.15, 0.2) is 0 Å². The molecule has 5 rings (SSSR count). The molecule has 0 saturated carbocycles. The molecule has 0 unspecified atom stereocenters. The third-order valence-corrected chi connectivity index (χ3v) is 5.76. The summed E-state index contributed by atoms with van der Waals surface area (Å²) in [6, 6.07) is 8.78. The summed E-state index contributed by atoms with van der Waals surface area (Å²) < 4.78 is 53.2. The predicted octanol–water partition coefficient (Wildman–Crippen LogP) is 4.34. The van der Waals surface area contributed by atoms with E-state index in [0.717, 1.165) is 62.9 Å². The number of nitrogens with zero attached hydrogens (tertiary/aromatic N) is 3. The fourth-order valence-electron chi connectivity index (χ4n) is 4.41. The maximum atomic E-state index is 14.2. The summed E-state index contributed by atoms with van der Waals surface area (Å²) in [6.45, 7) is 3.54. The van der Waals surface area contributed by atoms with Crippen LogP contribution in [-0.2, 0) is 19.3 Å². The van der Waals surface area contributed by atoms with E-state index in [1.807, 2.05) is 18.2 Å². The van der Waals surface area contributed by atoms with Crippen LogP contribution in [0.4, 0.5) is 17.6 Å². The summed E-state index contributed by atoms with van der Waals surface area (Å²) in [6.07, 6.45) is -0.584. The van der Waals surface area contributed by atoms with Crippen molar-refractivity contribution < 1.29 is 17.6 Å². The number of hydrogen-bond donors (Lipinski definition) is 0. The van der Waals surface area contributed by atoms with Crippen LogP contribution in [0, 0.1) is 11.7 Å². The Morgan fingerprint density at radius 1 is 1.00 bits per heavy atom. The average molecular weight is 393 g/mol. The summed E-state index contributed by atoms with van der Waals surface area (Å²) in [5.74, 6) is -0.130. The van der Waals surface area contributed by atoms with Crippen LogP contribution in [0.25, 0.3) is 0 Å². The van der Waals surface area contributed by atoms with Crippen molar-refractivity contribution in [2.45, 2.75) is 38.1 Å². The maximum absolute atomic E-state index is 14.2. The summed E-state index contributed by atoms with van der Waals surface area (Å²) >= 11 is 0. The summed E-state index contributed by atoms with van der Waals surface area (Å²) in [5, 5.41) is 0. The molecule has 28 heavy (non-hydrogen) atoms. The number of fused-ring (bicyclic) bond motifs is 4. The second-order valence-electron chi connectivity index (χ2n) is 7.85. The second kappa shape index (κ2) is 7.79. The lowest BCUT2D eigenvalue weighted by molar-refractivity contribution is -0.137. The molecule has 2 bridgehead atoms. The highest BCUT2D eigenvalue weighted by Gasteiger charge is 2.36. The zero-order chi connectivity index (χ0) is 19.7. The molecule has 3 fully saturated rings. The number of aromatic nitrogens is 1. The molecule has 0 N–H and O–H groups in total. The fraction of sp³-hybridized carbons (Fsp3) is 0.476. The van der Waals surface area contributed by atoms with Crippen LogP contribution in [-0.4, -0.2) is 40.5 Å². The number of alkyl halides is 3. The number of benzene rings is 1. The van der Waals surface area contributed by atoms with E-state index in [1.165, 1.54) is 0 Å². The van der Waals surface area contributed by atoms with Crippen LogP contribution in [0.3, 0.4) is 0 Å². The van der Waals surface area contributed by atoms with Crippen molar-refractivity contribution in [2.24, 2.45) is 5.92 Å². The largest absolute Gasteiger partial charge is 0.416 e. The number of hydrogen-bond acceptors (Lipinski definition) is 3. The Labute approximate surface area is 162 Å². The van der Waals surface area contributed by atoms with Gasteiger partial charge in [-0.15, -0.1) is 0 Å². The molecule has 0 radical (unpaired) electrons. The first-order valence-corrected chi connectivity index (χ1v) is 9.60. The molecule has 2 aromatic rings. The lowest BCUT2D eigenvalue weighted by Gasteiger charge is -2.36. The van der Waals surface area contributed by atoms with Crippen molar-refractivity contribution in [3.63, 3.8) is 0 Å². The Balaban J connectivity index is 1.48. The summed E-state index contributed by atoms with van der Waals surface area (Å²) in [7, 11) is 0. The molecule has 3 nitrogen and oxygen atoms in total. The van der Waals surface area contributed by atoms with Crippen LogP contribution >= 0.6 is 0 Å². The minimum Gasteiger partial charge on any atom is -0.296 e. The van der Waals surface area contributed by atoms with Crippen molar-refractivity contribution in [3.8, 4) is 0 Å². The number of halogens is 4. The molecule has 3 aliphatic heterocycles. The summed E-state index contributed by atoms with van der Waals surface area (Å²) in [5.41, 5.74) is 0.346. The quantitative estimate of drug-likeness (QED) is 0.721. The summed E-state index contributed by atoms with van der Waals surface area (Å²) in [4.78, 5) is 8.92. The van der Waals surface area contributed by atoms with E-state index < -0.39 is 17.6 Å². The first kappa shape index (κ1) is 19.3. The Bertz CT molecular complexity index is 809. The maximum Gasteiger partial charge on any atom is 0.416 e. The third kappa shape index (κ3) is 4.36. The van der Waals surface area contributed by atoms with Gasteiger partial charge in [-0.3, -0.25) is 14.8 Å². The molecule has 1 aromatic carbocycles. The van der Waals surface area contributed by atoms with E-state index in [-0.39, 0.29) is 18.2 Å². The molecule has 150 valence electrons. The Kier molecular flexibility index (Phi) is 5.38. The molecular formula is C21H23F4N3. The van der Waals surface area contributed by atoms with Gasteiger partial charge >= 0.3 is 6.18 Å². The Hall–Kier alpha value is -1.99. The normalized spacial score (nSPS) is 23.7. The van der Waals surface area contributed by atoms with Gasteiger partial charge in [-0.05, 0) is 49.1 Å². The third-order valence-electron chi connectivity index (χ3n) is 5.76. The van der Waals surface area contributed by atoms with E-state index in [2.05, 4.69) is 14.8 Å². The first-order chi connectivity index (χ1) is 13.4. The fourth-order valence-corrected chi connectivity index (χ4v) is 4.41. The predicted molar refractivity (Wildman–Crippen MR) is 97.8 cm³/mol. The van der Waals surface area contributed by atoms with Crippen LogP contribution < -0.4 is 0 Å². The van der Waals surface area contributed by atoms with Crippen LogP contribution in [0.2, 0.25) is 0 Å². The van der Waals surface area contributed by atoms with Gasteiger partial charge in [0.1, 0.15) is 5.82 Å². The molecule has 2 atom stereocenters. The van der Waals surface area contributed by atoms with Gasteiger partial charge < -0.3 is 0 Å². The van der Waals surface area contributed by atoms with E-state index >= 15 is 0 Å². The van der Waals surface area contributed by atoms with Crippen LogP contribution in [0.5, 0.6) is 0 Å². The number of pyridine rings is 1. The highest BCUT2D eigenvalue weighted by atomic mass is 19.4. The monoisotopic (exact) mass is 393 g/mol. The molecule has 7 heteroatoms. The van der Waals surface area contributed by atoms with Gasteiger partial charge in [-0.2, -0.15) is 13.2 Å². The standard InChI is InChI=1S/C21H23F4N3/c22-20-7-5-17(21(23,24)25)9-16(20)12-28-11-15-4-6-19(28)14-27(10-15)13-18-3-1-2-8-26-18/h1-3,5,7-9,15,19H,4,6,10-14H2/t15-,19+/m0/s1. The lowest BCUT2D eigenvalue weighted by atomic mass is 9.94. The zero-order valence-corrected chi connectivity index (χ0v) is 15.5. The smallest absolute Gasteiger partial charge is 0.296 e. The molecule has 0 aliphatic carbocycles. The topological polar surface area (TPSA) is 19.4 Å². The van der Waals surface area contributed by atoms with Gasteiger partial charge in [-0.25, -0.2) is 4.39 Å². The molecule has 3 aliphatic rings. The van der Waals surface area contributed by atoms with Gasteiger partial charge in [0, 0.05) is 50.5 Å². The van der Waals surface area contributed by atoms with Gasteiger partial charge in [0.05, 0.1) is 11.3 Å². The van der Waals surface area contributed by atoms with E-state index in [0.29, 0.717) is 5.92 Å². The lowest BCUT2D eigenvalue weighted by Crippen LogP contribution is -2.43. The van der Waals surface area contributed by atoms with Gasteiger partial charge in [0.2, 0.25) is 0 Å². The second-order valence-corrected chi connectivity index (χ2v) is 7.85. The zero-order valence-electron chi connectivity index (χ0n) is 15.5. The number of piperidine rings is 1. The Morgan fingerprint density at radius 3 is 2.61 bits per heavy atom. The average Bonchev–Trinajstić information content (AvgIpc) is 2.94. The SMILES string of the molecule is Fc1ccc(C(F)(F)F)cc1CN1C[C@H]2CC[C@@H]1CN(Cc1ccccn1)C2. The number of rotatable bonds is 4. The molecule has 1 aromatic heterocycles. The van der Waals surface area contributed by atoms with E-state index in [4.69, 9.17) is 0 Å². The van der Waals surface area contributed by atoms with Gasteiger partial charge in [0.25, 0.3) is 0 Å². The molecule has 3 saturated heterocycles. The molecule has 0 amide bonds. The Morgan fingerprint density at radius 2 is 1.86 bits per heavy atom. The van der Waals surface area contributed by atoms with Crippen LogP contribution in [0.15, 0.2) is 42.6 Å². The van der Waals surface area contributed by atoms with E-state index in [1.54, 1.807) is 6.20 Å². The van der Waals surface area contributed by atoms with Crippen molar-refractivity contribution in [1.29, 1.82) is 0 Å². The van der Waals surface area contributed by atoms with Gasteiger partial charge in [-0.1, -0.05) is 6.07 Å². The van der Waals surface area contributed by atoms with Crippen molar-refractivity contribution in [2.75, 3.05) is 19.6 Å². The van der Waals surface area contributed by atoms with Crippen LogP contribution in [0.1, 0.15) is 29.7 Å². The first-order valence-electron chi connectivity index (χ1n) is 9.60. The van der Waals surface area contributed by atoms with E-state index in [9.17, 15) is 17.6 Å². The van der Waals surface area contributed by atoms with Crippen molar-refractivity contribution >= 4 is 0 Å². The molecule has 4 heterocycles. The highest BCUT2D eigenvalue weighted by molar-refractivity contribution is 5.27. The molecule has 0 spiro atoms. The minimum absolute atomic E-state index is 0.124. The highest BCUT2D eigenvalue weighted by Crippen LogP contribution is 2.33. The minimum atomic E-state index is -4.46. The molecular weight excluding hydrogens is 370 g/mol.